The van der Waals surface area contributed by atoms with Crippen LogP contribution in [0.15, 0.2) is 35.1 Å². The molecule has 8 heteroatoms. The van der Waals surface area contributed by atoms with Gasteiger partial charge in [-0.3, -0.25) is 14.4 Å². The second-order valence-corrected chi connectivity index (χ2v) is 8.49. The SMILES string of the molecule is CC(=O)c1cc(C(=O)N2C[C@H]3C[C@@H](Oc4ccc(F)cc4)[C@H](O)C[C@H]3C2)c(=O)[nH]c1C. The number of aromatic nitrogens is 1. The Kier molecular flexibility index (Phi) is 5.66. The number of aliphatic hydroxyl groups is 1. The minimum atomic E-state index is -0.701. The first kappa shape index (κ1) is 21.2. The number of Topliss-reactive ketones (excluding diaryl/α,β-unsaturated/α-hetero) is 1. The van der Waals surface area contributed by atoms with Crippen molar-refractivity contribution in [3.8, 4) is 5.75 Å². The molecule has 7 nitrogen and oxygen atoms in total. The Morgan fingerprint density at radius 3 is 2.42 bits per heavy atom. The minimum absolute atomic E-state index is 0.0471. The van der Waals surface area contributed by atoms with Crippen LogP contribution in [0.3, 0.4) is 0 Å². The summed E-state index contributed by atoms with van der Waals surface area (Å²) in [5.41, 5.74) is 0.199. The normalized spacial score (nSPS) is 25.2. The number of amides is 1. The van der Waals surface area contributed by atoms with Crippen LogP contribution in [0.4, 0.5) is 4.39 Å². The number of aromatic amines is 1. The quantitative estimate of drug-likeness (QED) is 0.728. The molecule has 4 atom stereocenters. The molecule has 1 saturated carbocycles. The highest BCUT2D eigenvalue weighted by molar-refractivity contribution is 6.00. The highest BCUT2D eigenvalue weighted by Crippen LogP contribution is 2.38. The molecule has 2 aromatic rings. The van der Waals surface area contributed by atoms with Crippen molar-refractivity contribution in [2.24, 2.45) is 11.8 Å². The van der Waals surface area contributed by atoms with E-state index in [-0.39, 0.29) is 29.0 Å². The number of hydrogen-bond donors (Lipinski definition) is 2. The van der Waals surface area contributed by atoms with E-state index in [0.717, 1.165) is 0 Å². The van der Waals surface area contributed by atoms with Gasteiger partial charge in [0, 0.05) is 24.3 Å². The van der Waals surface area contributed by atoms with Crippen LogP contribution in [0.1, 0.15) is 46.2 Å². The number of ketones is 1. The lowest BCUT2D eigenvalue weighted by Crippen LogP contribution is -2.42. The van der Waals surface area contributed by atoms with Crippen molar-refractivity contribution < 1.29 is 23.8 Å². The van der Waals surface area contributed by atoms with E-state index in [1.165, 1.54) is 37.3 Å². The summed E-state index contributed by atoms with van der Waals surface area (Å²) in [4.78, 5) is 41.4. The van der Waals surface area contributed by atoms with E-state index in [1.54, 1.807) is 11.8 Å². The second kappa shape index (κ2) is 8.26. The summed E-state index contributed by atoms with van der Waals surface area (Å²) in [5, 5.41) is 10.6. The predicted molar refractivity (Wildman–Crippen MR) is 111 cm³/mol. The average molecular weight is 428 g/mol. The van der Waals surface area contributed by atoms with Gasteiger partial charge in [0.2, 0.25) is 0 Å². The maximum atomic E-state index is 13.1. The number of carbonyl (C=O) groups is 2. The van der Waals surface area contributed by atoms with Gasteiger partial charge in [-0.05, 0) is 68.9 Å². The zero-order chi connectivity index (χ0) is 22.3. The minimum Gasteiger partial charge on any atom is -0.488 e. The Hall–Kier alpha value is -3.00. The lowest BCUT2D eigenvalue weighted by Gasteiger charge is -2.35. The molecule has 0 spiro atoms. The molecule has 2 heterocycles. The van der Waals surface area contributed by atoms with E-state index in [9.17, 15) is 23.9 Å². The molecule has 31 heavy (non-hydrogen) atoms. The molecule has 1 aromatic carbocycles. The first-order valence-corrected chi connectivity index (χ1v) is 10.4. The third-order valence-corrected chi connectivity index (χ3v) is 6.32. The lowest BCUT2D eigenvalue weighted by molar-refractivity contribution is -0.0231. The molecule has 0 bridgehead atoms. The van der Waals surface area contributed by atoms with E-state index in [2.05, 4.69) is 4.98 Å². The highest BCUT2D eigenvalue weighted by Gasteiger charge is 2.44. The molecule has 0 radical (unpaired) electrons. The number of likely N-dealkylation sites (tertiary alicyclic amines) is 1. The second-order valence-electron chi connectivity index (χ2n) is 8.49. The van der Waals surface area contributed by atoms with Crippen molar-refractivity contribution in [1.82, 2.24) is 9.88 Å². The number of fused-ring (bicyclic) bond motifs is 1. The topological polar surface area (TPSA) is 99.7 Å². The number of aryl methyl sites for hydroxylation is 1. The Labute approximate surface area is 178 Å². The van der Waals surface area contributed by atoms with Crippen LogP contribution >= 0.6 is 0 Å². The molecule has 2 N–H and O–H groups in total. The zero-order valence-corrected chi connectivity index (χ0v) is 17.4. The molecule has 1 aromatic heterocycles. The number of hydrogen-bond acceptors (Lipinski definition) is 5. The van der Waals surface area contributed by atoms with Crippen LogP contribution < -0.4 is 10.3 Å². The van der Waals surface area contributed by atoms with Crippen molar-refractivity contribution in [2.75, 3.05) is 13.1 Å². The Balaban J connectivity index is 1.48. The van der Waals surface area contributed by atoms with E-state index in [4.69, 9.17) is 4.74 Å². The molecular formula is C23H25FN2O5. The summed E-state index contributed by atoms with van der Waals surface area (Å²) in [6.45, 7) is 3.90. The maximum Gasteiger partial charge on any atom is 0.261 e. The van der Waals surface area contributed by atoms with Crippen molar-refractivity contribution in [3.05, 3.63) is 63.3 Å². The first-order chi connectivity index (χ1) is 14.7. The van der Waals surface area contributed by atoms with E-state index in [0.29, 0.717) is 42.9 Å². The van der Waals surface area contributed by atoms with Crippen LogP contribution in [0, 0.1) is 24.6 Å². The van der Waals surface area contributed by atoms with Crippen molar-refractivity contribution in [1.29, 1.82) is 0 Å². The standard InChI is InChI=1S/C23H25FN2O5/c1-12-18(13(2)27)9-19(22(29)25-12)23(30)26-10-14-7-20(28)21(8-15(14)11-26)31-17-5-3-16(24)4-6-17/h3-6,9,14-15,20-21,28H,7-8,10-11H2,1-2H3,(H,25,29)/t14-,15+,20+,21+/m0/s1. The third kappa shape index (κ3) is 4.25. The van der Waals surface area contributed by atoms with Gasteiger partial charge in [0.05, 0.1) is 6.10 Å². The monoisotopic (exact) mass is 428 g/mol. The fraction of sp³-hybridized carbons (Fsp3) is 0.435. The lowest BCUT2D eigenvalue weighted by atomic mass is 9.78. The summed E-state index contributed by atoms with van der Waals surface area (Å²) in [7, 11) is 0. The summed E-state index contributed by atoms with van der Waals surface area (Å²) in [6.07, 6.45) is -0.124. The highest BCUT2D eigenvalue weighted by atomic mass is 19.1. The Morgan fingerprint density at radius 1 is 1.13 bits per heavy atom. The van der Waals surface area contributed by atoms with Crippen LogP contribution in [0.25, 0.3) is 0 Å². The number of carbonyl (C=O) groups excluding carboxylic acids is 2. The van der Waals surface area contributed by atoms with Gasteiger partial charge in [-0.15, -0.1) is 0 Å². The van der Waals surface area contributed by atoms with Gasteiger partial charge < -0.3 is 19.7 Å². The molecule has 1 aliphatic heterocycles. The first-order valence-electron chi connectivity index (χ1n) is 10.4. The van der Waals surface area contributed by atoms with Crippen molar-refractivity contribution >= 4 is 11.7 Å². The number of benzene rings is 1. The largest absolute Gasteiger partial charge is 0.488 e. The smallest absolute Gasteiger partial charge is 0.261 e. The van der Waals surface area contributed by atoms with Gasteiger partial charge in [0.25, 0.3) is 11.5 Å². The summed E-state index contributed by atoms with van der Waals surface area (Å²) in [6, 6.07) is 7.02. The number of H-pyrrole nitrogens is 1. The van der Waals surface area contributed by atoms with Gasteiger partial charge in [-0.25, -0.2) is 4.39 Å². The Morgan fingerprint density at radius 2 is 1.77 bits per heavy atom. The molecule has 1 aliphatic carbocycles. The fourth-order valence-corrected chi connectivity index (χ4v) is 4.69. The number of nitrogens with one attached hydrogen (secondary N) is 1. The number of aliphatic hydroxyl groups excluding tert-OH is 1. The van der Waals surface area contributed by atoms with Gasteiger partial charge >= 0.3 is 0 Å². The summed E-state index contributed by atoms with van der Waals surface area (Å²) < 4.78 is 19.0. The molecule has 2 aliphatic rings. The van der Waals surface area contributed by atoms with E-state index < -0.39 is 23.7 Å². The number of pyridine rings is 1. The van der Waals surface area contributed by atoms with E-state index in [1.807, 2.05) is 0 Å². The maximum absolute atomic E-state index is 13.1. The molecular weight excluding hydrogens is 403 g/mol. The molecule has 1 amide bonds. The van der Waals surface area contributed by atoms with Crippen LogP contribution in [0.2, 0.25) is 0 Å². The van der Waals surface area contributed by atoms with Gasteiger partial charge in [0.15, 0.2) is 5.78 Å². The van der Waals surface area contributed by atoms with Crippen LogP contribution in [-0.2, 0) is 0 Å². The van der Waals surface area contributed by atoms with Crippen LogP contribution in [0.5, 0.6) is 5.75 Å². The predicted octanol–water partition coefficient (Wildman–Crippen LogP) is 2.32. The molecule has 164 valence electrons. The van der Waals surface area contributed by atoms with Crippen molar-refractivity contribution in [2.45, 2.75) is 38.9 Å². The van der Waals surface area contributed by atoms with Gasteiger partial charge in [-0.2, -0.15) is 0 Å². The number of halogens is 1. The number of nitrogens with zero attached hydrogens (tertiary/aromatic N) is 1. The molecule has 4 rings (SSSR count). The van der Waals surface area contributed by atoms with Gasteiger partial charge in [0.1, 0.15) is 23.2 Å². The van der Waals surface area contributed by atoms with Gasteiger partial charge in [-0.1, -0.05) is 0 Å². The molecule has 2 fully saturated rings. The van der Waals surface area contributed by atoms with E-state index >= 15 is 0 Å². The Bertz CT molecular complexity index is 1060. The zero-order valence-electron chi connectivity index (χ0n) is 17.4. The number of rotatable bonds is 4. The third-order valence-electron chi connectivity index (χ3n) is 6.32. The summed E-state index contributed by atoms with van der Waals surface area (Å²) in [5.74, 6) is -0.290. The molecule has 1 saturated heterocycles. The molecule has 0 unspecified atom stereocenters. The van der Waals surface area contributed by atoms with Crippen molar-refractivity contribution in [3.63, 3.8) is 0 Å². The average Bonchev–Trinajstić information content (AvgIpc) is 3.12. The fourth-order valence-electron chi connectivity index (χ4n) is 4.69. The number of ether oxygens (including phenoxy) is 1. The summed E-state index contributed by atoms with van der Waals surface area (Å²) >= 11 is 0. The van der Waals surface area contributed by atoms with Crippen LogP contribution in [-0.4, -0.2) is 52.0 Å².